The average molecular weight is 449 g/mol. The second kappa shape index (κ2) is 8.57. The Labute approximate surface area is 162 Å². The normalized spacial score (nSPS) is 11.4. The minimum atomic E-state index is -2.46. The molecule has 0 aliphatic heterocycles. The third-order valence-corrected chi connectivity index (χ3v) is 11.4. The average Bonchev–Trinajstić information content (AvgIpc) is 2.72. The Bertz CT molecular complexity index is 759. The third kappa shape index (κ3) is 3.32. The number of hydrogen-bond donors (Lipinski definition) is 0. The van der Waals surface area contributed by atoms with Crippen LogP contribution in [0.25, 0.3) is 0 Å². The fourth-order valence-corrected chi connectivity index (χ4v) is 10.3. The molecule has 0 fully saturated rings. The molecule has 0 spiro atoms. The van der Waals surface area contributed by atoms with Gasteiger partial charge in [0.1, 0.15) is 0 Å². The summed E-state index contributed by atoms with van der Waals surface area (Å²) >= 11 is -2.46. The summed E-state index contributed by atoms with van der Waals surface area (Å²) in [7, 11) is 0. The SMILES string of the molecule is P.c1cc[c]([Pd]([c]2ccccc2)([c]2ccccc2)[c]2ccccc2)cc1. The Morgan fingerprint density at radius 2 is 0.500 bits per heavy atom. The Kier molecular flexibility index (Phi) is 6.18. The van der Waals surface area contributed by atoms with Crippen molar-refractivity contribution in [2.24, 2.45) is 0 Å². The minimum absolute atomic E-state index is 0. The van der Waals surface area contributed by atoms with Gasteiger partial charge in [0.2, 0.25) is 0 Å². The maximum atomic E-state index is 2.30. The van der Waals surface area contributed by atoms with Crippen molar-refractivity contribution in [3.05, 3.63) is 121 Å². The van der Waals surface area contributed by atoms with Crippen molar-refractivity contribution in [2.75, 3.05) is 0 Å². The summed E-state index contributed by atoms with van der Waals surface area (Å²) in [5.74, 6) is 0. The van der Waals surface area contributed by atoms with Crippen LogP contribution in [0.2, 0.25) is 0 Å². The van der Waals surface area contributed by atoms with E-state index in [2.05, 4.69) is 121 Å². The van der Waals surface area contributed by atoms with Gasteiger partial charge in [-0.2, -0.15) is 9.90 Å². The summed E-state index contributed by atoms with van der Waals surface area (Å²) < 4.78 is 5.71. The summed E-state index contributed by atoms with van der Waals surface area (Å²) in [5, 5.41) is 0. The molecule has 4 aromatic rings. The summed E-state index contributed by atoms with van der Waals surface area (Å²) in [4.78, 5) is 0. The Balaban J connectivity index is 0.00000196. The standard InChI is InChI=1S/4C6H5.H3P.Pd/c4*1-2-4-6-5-3-1;;/h4*1-5H;1H3;. The topological polar surface area (TPSA) is 0 Å². The molecule has 0 aliphatic carbocycles. The molecule has 0 aromatic heterocycles. The fourth-order valence-electron chi connectivity index (χ4n) is 2.88. The van der Waals surface area contributed by atoms with Gasteiger partial charge in [0.25, 0.3) is 0 Å². The van der Waals surface area contributed by atoms with Crippen molar-refractivity contribution in [3.63, 3.8) is 0 Å². The van der Waals surface area contributed by atoms with Crippen LogP contribution < -0.4 is 16.1 Å². The summed E-state index contributed by atoms with van der Waals surface area (Å²) in [6.45, 7) is 0. The van der Waals surface area contributed by atoms with Crippen LogP contribution in [0.5, 0.6) is 0 Å². The first-order valence-corrected chi connectivity index (χ1v) is 11.4. The maximum absolute atomic E-state index is 2.46. The van der Waals surface area contributed by atoms with Crippen molar-refractivity contribution >= 4 is 26.0 Å². The van der Waals surface area contributed by atoms with Gasteiger partial charge in [-0.1, -0.05) is 0 Å². The van der Waals surface area contributed by atoms with Crippen LogP contribution in [0.1, 0.15) is 0 Å². The van der Waals surface area contributed by atoms with Gasteiger partial charge in [0, 0.05) is 0 Å². The van der Waals surface area contributed by atoms with E-state index in [0.717, 1.165) is 0 Å². The van der Waals surface area contributed by atoms with Crippen molar-refractivity contribution in [2.45, 2.75) is 0 Å². The molecule has 0 saturated heterocycles. The van der Waals surface area contributed by atoms with Gasteiger partial charge in [-0.3, -0.25) is 0 Å². The van der Waals surface area contributed by atoms with Gasteiger partial charge >= 0.3 is 153 Å². The van der Waals surface area contributed by atoms with Crippen LogP contribution in [-0.4, -0.2) is 0 Å². The van der Waals surface area contributed by atoms with E-state index < -0.39 is 15.5 Å². The number of hydrogen-bond acceptors (Lipinski definition) is 0. The zero-order valence-corrected chi connectivity index (χ0v) is 17.5. The molecule has 26 heavy (non-hydrogen) atoms. The summed E-state index contributed by atoms with van der Waals surface area (Å²) in [6.07, 6.45) is 0. The van der Waals surface area contributed by atoms with Crippen molar-refractivity contribution in [1.82, 2.24) is 0 Å². The van der Waals surface area contributed by atoms with E-state index in [-0.39, 0.29) is 9.90 Å². The van der Waals surface area contributed by atoms with E-state index >= 15 is 0 Å². The third-order valence-electron chi connectivity index (χ3n) is 3.95. The van der Waals surface area contributed by atoms with Crippen molar-refractivity contribution < 1.29 is 15.5 Å². The molecule has 0 radical (unpaired) electrons. The predicted octanol–water partition coefficient (Wildman–Crippen LogP) is 3.50. The quantitative estimate of drug-likeness (QED) is 0.331. The number of benzene rings is 4. The van der Waals surface area contributed by atoms with E-state index in [1.807, 2.05) is 0 Å². The van der Waals surface area contributed by atoms with Crippen LogP contribution in [0, 0.1) is 0 Å². The summed E-state index contributed by atoms with van der Waals surface area (Å²) in [5.41, 5.74) is 0. The zero-order valence-electron chi connectivity index (χ0n) is 14.6. The summed E-state index contributed by atoms with van der Waals surface area (Å²) in [6, 6.07) is 44.1. The Morgan fingerprint density at radius 1 is 0.308 bits per heavy atom. The molecule has 1 unspecified atom stereocenters. The molecule has 0 aliphatic rings. The molecule has 134 valence electrons. The monoisotopic (exact) mass is 448 g/mol. The van der Waals surface area contributed by atoms with E-state index in [0.29, 0.717) is 0 Å². The van der Waals surface area contributed by atoms with E-state index in [9.17, 15) is 0 Å². The van der Waals surface area contributed by atoms with Gasteiger partial charge in [-0.15, -0.1) is 0 Å². The molecule has 0 amide bonds. The van der Waals surface area contributed by atoms with Crippen molar-refractivity contribution in [3.8, 4) is 0 Å². The van der Waals surface area contributed by atoms with Gasteiger partial charge in [0.15, 0.2) is 0 Å². The van der Waals surface area contributed by atoms with Gasteiger partial charge in [0.05, 0.1) is 0 Å². The van der Waals surface area contributed by atoms with Crippen molar-refractivity contribution in [1.29, 1.82) is 0 Å². The first kappa shape index (κ1) is 18.8. The molecule has 0 heterocycles. The molecule has 0 saturated carbocycles. The molecule has 4 aromatic carbocycles. The molecular formula is C24H23PPd. The van der Waals surface area contributed by atoms with Gasteiger partial charge in [-0.25, -0.2) is 0 Å². The molecule has 2 heteroatoms. The molecule has 0 nitrogen and oxygen atoms in total. The molecule has 1 atom stereocenters. The zero-order chi connectivity index (χ0) is 17.0. The van der Waals surface area contributed by atoms with Crippen LogP contribution in [0.15, 0.2) is 121 Å². The van der Waals surface area contributed by atoms with Crippen LogP contribution >= 0.6 is 9.90 Å². The molecule has 0 bridgehead atoms. The van der Waals surface area contributed by atoms with Crippen LogP contribution in [-0.2, 0) is 15.5 Å². The first-order valence-electron chi connectivity index (χ1n) is 8.28. The predicted molar refractivity (Wildman–Crippen MR) is 115 cm³/mol. The van der Waals surface area contributed by atoms with Crippen LogP contribution in [0.4, 0.5) is 0 Å². The molecule has 0 N–H and O–H groups in total. The molecular weight excluding hydrogens is 426 g/mol. The van der Waals surface area contributed by atoms with Gasteiger partial charge in [-0.05, 0) is 0 Å². The van der Waals surface area contributed by atoms with E-state index in [1.165, 1.54) is 16.1 Å². The first-order chi connectivity index (χ1) is 12.4. The van der Waals surface area contributed by atoms with E-state index in [4.69, 9.17) is 0 Å². The Hall–Kier alpha value is -2.03. The fraction of sp³-hybridized carbons (Fsp3) is 0. The van der Waals surface area contributed by atoms with E-state index in [1.54, 1.807) is 0 Å². The van der Waals surface area contributed by atoms with Crippen LogP contribution in [0.3, 0.4) is 0 Å². The molecule has 4 rings (SSSR count). The second-order valence-electron chi connectivity index (χ2n) is 5.51. The number of rotatable bonds is 4. The Morgan fingerprint density at radius 3 is 0.692 bits per heavy atom. The second-order valence-corrected chi connectivity index (χ2v) is 11.4. The van der Waals surface area contributed by atoms with Gasteiger partial charge < -0.3 is 0 Å².